The Morgan fingerprint density at radius 2 is 2.00 bits per heavy atom. The van der Waals surface area contributed by atoms with E-state index in [9.17, 15) is 4.79 Å². The van der Waals surface area contributed by atoms with Crippen molar-refractivity contribution in [2.24, 2.45) is 5.10 Å². The number of benzene rings is 1. The zero-order valence-electron chi connectivity index (χ0n) is 14.8. The molecule has 1 N–H and O–H groups in total. The molecule has 1 atom stereocenters. The molecule has 1 amide bonds. The highest BCUT2D eigenvalue weighted by atomic mass is 32.2. The molecule has 0 aliphatic carbocycles. The lowest BCUT2D eigenvalue weighted by molar-refractivity contribution is -0.131. The summed E-state index contributed by atoms with van der Waals surface area (Å²) in [6, 6.07) is 16.2. The fraction of sp³-hybridized carbons (Fsp3) is 0.200. The van der Waals surface area contributed by atoms with E-state index in [1.165, 1.54) is 4.88 Å². The highest BCUT2D eigenvalue weighted by Crippen LogP contribution is 2.36. The molecule has 4 rings (SSSR count). The number of thioether (sulfide) groups is 1. The third-order valence-electron chi connectivity index (χ3n) is 4.38. The molecule has 138 valence electrons. The lowest BCUT2D eigenvalue weighted by Crippen LogP contribution is -2.32. The topological polar surface area (TPSA) is 44.7 Å². The molecule has 7 heteroatoms. The van der Waals surface area contributed by atoms with Gasteiger partial charge in [0, 0.05) is 21.9 Å². The Kier molecular flexibility index (Phi) is 5.61. The fourth-order valence-corrected chi connectivity index (χ4v) is 5.18. The van der Waals surface area contributed by atoms with E-state index in [1.54, 1.807) is 39.4 Å². The van der Waals surface area contributed by atoms with E-state index in [-0.39, 0.29) is 18.5 Å². The quantitative estimate of drug-likeness (QED) is 0.556. The van der Waals surface area contributed by atoms with Crippen molar-refractivity contribution in [2.75, 3.05) is 18.1 Å². The van der Waals surface area contributed by atoms with Gasteiger partial charge in [0.1, 0.15) is 0 Å². The van der Waals surface area contributed by atoms with Gasteiger partial charge >= 0.3 is 0 Å². The largest absolute Gasteiger partial charge is 0.375 e. The van der Waals surface area contributed by atoms with Crippen molar-refractivity contribution in [3.05, 3.63) is 69.0 Å². The average molecular weight is 414 g/mol. The number of amides is 1. The third kappa shape index (κ3) is 3.95. The van der Waals surface area contributed by atoms with E-state index in [0.717, 1.165) is 27.6 Å². The third-order valence-corrected chi connectivity index (χ3v) is 7.07. The Bertz CT molecular complexity index is 935. The Morgan fingerprint density at radius 1 is 1.19 bits per heavy atom. The van der Waals surface area contributed by atoms with Gasteiger partial charge in [-0.25, -0.2) is 5.01 Å². The summed E-state index contributed by atoms with van der Waals surface area (Å²) in [6.45, 7) is 0.223. The van der Waals surface area contributed by atoms with Crippen LogP contribution in [0.15, 0.2) is 69.3 Å². The van der Waals surface area contributed by atoms with Crippen molar-refractivity contribution in [2.45, 2.75) is 17.4 Å². The standard InChI is InChI=1S/C20H19N3OS3/c1-25-17-7-3-2-6-14(17)21-13-20(24)23-16(19-9-5-11-27-19)12-15(22-23)18-8-4-10-26-18/h2-11,16,21H,12-13H2,1H3. The first kappa shape index (κ1) is 18.3. The van der Waals surface area contributed by atoms with Crippen LogP contribution in [0.3, 0.4) is 0 Å². The van der Waals surface area contributed by atoms with Gasteiger partial charge < -0.3 is 5.32 Å². The predicted molar refractivity (Wildman–Crippen MR) is 116 cm³/mol. The maximum atomic E-state index is 13.0. The van der Waals surface area contributed by atoms with Gasteiger partial charge in [-0.15, -0.1) is 34.4 Å². The number of carbonyl (C=O) groups excluding carboxylic acids is 1. The number of nitrogens with zero attached hydrogens (tertiary/aromatic N) is 2. The number of nitrogens with one attached hydrogen (secondary N) is 1. The maximum absolute atomic E-state index is 13.0. The molecule has 2 aromatic heterocycles. The molecule has 0 fully saturated rings. The van der Waals surface area contributed by atoms with Gasteiger partial charge in [-0.3, -0.25) is 4.79 Å². The number of hydrogen-bond acceptors (Lipinski definition) is 6. The zero-order chi connectivity index (χ0) is 18.6. The Hall–Kier alpha value is -2.09. The molecule has 4 nitrogen and oxygen atoms in total. The summed E-state index contributed by atoms with van der Waals surface area (Å²) in [5.41, 5.74) is 1.97. The number of hydrogen-bond donors (Lipinski definition) is 1. The predicted octanol–water partition coefficient (Wildman–Crippen LogP) is 5.32. The number of anilines is 1. The lowest BCUT2D eigenvalue weighted by Gasteiger charge is -2.21. The number of para-hydroxylation sites is 1. The summed E-state index contributed by atoms with van der Waals surface area (Å²) in [6.07, 6.45) is 2.79. The molecular formula is C20H19N3OS3. The van der Waals surface area contributed by atoms with E-state index in [4.69, 9.17) is 5.10 Å². The molecule has 1 aliphatic rings. The Balaban J connectivity index is 1.54. The Morgan fingerprint density at radius 3 is 2.74 bits per heavy atom. The van der Waals surface area contributed by atoms with Gasteiger partial charge in [0.2, 0.25) is 0 Å². The van der Waals surface area contributed by atoms with Crippen molar-refractivity contribution >= 4 is 51.7 Å². The monoisotopic (exact) mass is 413 g/mol. The lowest BCUT2D eigenvalue weighted by atomic mass is 10.1. The van der Waals surface area contributed by atoms with Crippen LogP contribution in [0.5, 0.6) is 0 Å². The molecule has 0 saturated carbocycles. The molecule has 1 aliphatic heterocycles. The van der Waals surface area contributed by atoms with Crippen LogP contribution < -0.4 is 5.32 Å². The van der Waals surface area contributed by atoms with Crippen LogP contribution in [0.2, 0.25) is 0 Å². The zero-order valence-corrected chi connectivity index (χ0v) is 17.2. The number of thiophene rings is 2. The van der Waals surface area contributed by atoms with Crippen molar-refractivity contribution in [3.8, 4) is 0 Å². The second-order valence-electron chi connectivity index (χ2n) is 6.05. The van der Waals surface area contributed by atoms with E-state index in [1.807, 2.05) is 47.3 Å². The minimum absolute atomic E-state index is 0.0177. The van der Waals surface area contributed by atoms with Crippen molar-refractivity contribution < 1.29 is 4.79 Å². The fourth-order valence-electron chi connectivity index (χ4n) is 3.08. The van der Waals surface area contributed by atoms with Gasteiger partial charge in [-0.1, -0.05) is 24.3 Å². The molecular weight excluding hydrogens is 394 g/mol. The molecule has 27 heavy (non-hydrogen) atoms. The minimum atomic E-state index is -0.0211. The molecule has 1 unspecified atom stereocenters. The second kappa shape index (κ2) is 8.29. The minimum Gasteiger partial charge on any atom is -0.375 e. The first-order chi connectivity index (χ1) is 13.3. The molecule has 0 spiro atoms. The summed E-state index contributed by atoms with van der Waals surface area (Å²) in [7, 11) is 0. The van der Waals surface area contributed by atoms with E-state index >= 15 is 0 Å². The average Bonchev–Trinajstić information content (AvgIpc) is 3.46. The molecule has 0 radical (unpaired) electrons. The SMILES string of the molecule is CSc1ccccc1NCC(=O)N1N=C(c2cccs2)CC1c1cccs1. The van der Waals surface area contributed by atoms with Gasteiger partial charge in [0.05, 0.1) is 23.2 Å². The number of hydrazone groups is 1. The summed E-state index contributed by atoms with van der Waals surface area (Å²) in [4.78, 5) is 16.4. The van der Waals surface area contributed by atoms with Crippen molar-refractivity contribution in [1.82, 2.24) is 5.01 Å². The van der Waals surface area contributed by atoms with E-state index < -0.39 is 0 Å². The summed E-state index contributed by atoms with van der Waals surface area (Å²) < 4.78 is 0. The summed E-state index contributed by atoms with van der Waals surface area (Å²) in [5, 5.41) is 13.7. The smallest absolute Gasteiger partial charge is 0.262 e. The van der Waals surface area contributed by atoms with Gasteiger partial charge in [-0.05, 0) is 41.3 Å². The van der Waals surface area contributed by atoms with Gasteiger partial charge in [0.25, 0.3) is 5.91 Å². The highest BCUT2D eigenvalue weighted by Gasteiger charge is 2.33. The van der Waals surface area contributed by atoms with Crippen LogP contribution in [-0.2, 0) is 4.79 Å². The van der Waals surface area contributed by atoms with Gasteiger partial charge in [0.15, 0.2) is 0 Å². The van der Waals surface area contributed by atoms with Crippen LogP contribution in [0.25, 0.3) is 0 Å². The molecule has 0 saturated heterocycles. The summed E-state index contributed by atoms with van der Waals surface area (Å²) in [5.74, 6) is -0.0177. The van der Waals surface area contributed by atoms with E-state index in [2.05, 4.69) is 23.5 Å². The highest BCUT2D eigenvalue weighted by molar-refractivity contribution is 7.98. The molecule has 3 aromatic rings. The van der Waals surface area contributed by atoms with Crippen molar-refractivity contribution in [3.63, 3.8) is 0 Å². The number of rotatable bonds is 6. The van der Waals surface area contributed by atoms with Crippen LogP contribution >= 0.6 is 34.4 Å². The van der Waals surface area contributed by atoms with Crippen LogP contribution in [-0.4, -0.2) is 29.4 Å². The molecule has 1 aromatic carbocycles. The first-order valence-electron chi connectivity index (χ1n) is 8.60. The van der Waals surface area contributed by atoms with Crippen LogP contribution in [0.1, 0.15) is 22.2 Å². The number of carbonyl (C=O) groups is 1. The molecule has 0 bridgehead atoms. The van der Waals surface area contributed by atoms with Crippen LogP contribution in [0.4, 0.5) is 5.69 Å². The maximum Gasteiger partial charge on any atom is 0.262 e. The van der Waals surface area contributed by atoms with Gasteiger partial charge in [-0.2, -0.15) is 5.10 Å². The van der Waals surface area contributed by atoms with Crippen LogP contribution in [0, 0.1) is 0 Å². The normalized spacial score (nSPS) is 16.4. The van der Waals surface area contributed by atoms with E-state index in [0.29, 0.717) is 0 Å². The second-order valence-corrected chi connectivity index (χ2v) is 8.83. The summed E-state index contributed by atoms with van der Waals surface area (Å²) >= 11 is 5.00. The molecule has 3 heterocycles. The van der Waals surface area contributed by atoms with Crippen molar-refractivity contribution in [1.29, 1.82) is 0 Å². The Labute approximate surface area is 170 Å². The first-order valence-corrected chi connectivity index (χ1v) is 11.6.